The molecule has 1 heterocycles. The van der Waals surface area contributed by atoms with Gasteiger partial charge in [0.1, 0.15) is 49.5 Å². The zero-order chi connectivity index (χ0) is 24.7. The Kier molecular flexibility index (Phi) is 9.74. The third-order valence-corrected chi connectivity index (χ3v) is 6.23. The number of aliphatic hydroxyl groups is 4. The third kappa shape index (κ3) is 6.29. The van der Waals surface area contributed by atoms with Gasteiger partial charge in [0.05, 0.1) is 13.2 Å². The van der Waals surface area contributed by atoms with Crippen LogP contribution in [0.15, 0.2) is 36.4 Å². The van der Waals surface area contributed by atoms with E-state index in [1.807, 2.05) is 12.1 Å². The van der Waals surface area contributed by atoms with Crippen molar-refractivity contribution in [1.82, 2.24) is 0 Å². The molecule has 1 saturated heterocycles. The maximum atomic E-state index is 10.7. The van der Waals surface area contributed by atoms with Crippen LogP contribution in [0.5, 0.6) is 5.75 Å². The predicted octanol–water partition coefficient (Wildman–Crippen LogP) is 2.04. The van der Waals surface area contributed by atoms with Crippen molar-refractivity contribution in [3.63, 3.8) is 0 Å². The molecule has 2 aromatic carbocycles. The topological polar surface area (TPSA) is 109 Å². The molecular weight excluding hydrogens is 460 g/mol. The van der Waals surface area contributed by atoms with Gasteiger partial charge in [-0.2, -0.15) is 0 Å². The number of hydrogen-bond acceptors (Lipinski definition) is 7. The van der Waals surface area contributed by atoms with E-state index in [-0.39, 0.29) is 19.8 Å². The summed E-state index contributed by atoms with van der Waals surface area (Å²) in [5, 5.41) is 41.2. The van der Waals surface area contributed by atoms with Gasteiger partial charge in [-0.25, -0.2) is 0 Å². The normalized spacial score (nSPS) is 24.6. The first-order valence-electron chi connectivity index (χ1n) is 11.2. The van der Waals surface area contributed by atoms with E-state index in [1.54, 1.807) is 12.1 Å². The fourth-order valence-electron chi connectivity index (χ4n) is 3.91. The van der Waals surface area contributed by atoms with E-state index in [0.717, 1.165) is 17.5 Å². The number of terminal acetylenes is 1. The highest BCUT2D eigenvalue weighted by Crippen LogP contribution is 2.40. The van der Waals surface area contributed by atoms with E-state index >= 15 is 0 Å². The monoisotopic (exact) mass is 490 g/mol. The number of rotatable bonds is 10. The molecule has 0 radical (unpaired) electrons. The average molecular weight is 491 g/mol. The maximum absolute atomic E-state index is 10.7. The Hall–Kier alpha value is -2.15. The average Bonchev–Trinajstić information content (AvgIpc) is 2.85. The fraction of sp³-hybridized carbons (Fsp3) is 0.462. The molecule has 0 aliphatic carbocycles. The van der Waals surface area contributed by atoms with Crippen LogP contribution in [-0.2, 0) is 22.3 Å². The summed E-state index contributed by atoms with van der Waals surface area (Å²) in [6.45, 7) is 2.12. The van der Waals surface area contributed by atoms with E-state index < -0.39 is 37.1 Å². The van der Waals surface area contributed by atoms with Gasteiger partial charge in [0.25, 0.3) is 0 Å². The Bertz CT molecular complexity index is 970. The number of aliphatic hydroxyl groups excluding tert-OH is 4. The summed E-state index contributed by atoms with van der Waals surface area (Å²) in [5.74, 6) is 2.71. The minimum Gasteiger partial charge on any atom is -0.491 e. The summed E-state index contributed by atoms with van der Waals surface area (Å²) in [7, 11) is 0. The molecule has 4 N–H and O–H groups in total. The molecule has 2 aromatic rings. The Morgan fingerprint density at radius 2 is 1.74 bits per heavy atom. The van der Waals surface area contributed by atoms with Crippen LogP contribution in [0.2, 0.25) is 5.02 Å². The second kappa shape index (κ2) is 12.5. The first-order chi connectivity index (χ1) is 16.4. The van der Waals surface area contributed by atoms with Crippen molar-refractivity contribution in [3.8, 4) is 18.1 Å². The minimum atomic E-state index is -1.51. The van der Waals surface area contributed by atoms with Gasteiger partial charge < -0.3 is 34.6 Å². The molecule has 5 atom stereocenters. The van der Waals surface area contributed by atoms with Crippen molar-refractivity contribution in [2.45, 2.75) is 50.3 Å². The van der Waals surface area contributed by atoms with Crippen LogP contribution in [0, 0.1) is 12.3 Å². The highest BCUT2D eigenvalue weighted by atomic mass is 35.5. The highest BCUT2D eigenvalue weighted by Gasteiger charge is 2.45. The van der Waals surface area contributed by atoms with E-state index in [4.69, 9.17) is 32.2 Å². The Morgan fingerprint density at radius 1 is 1.03 bits per heavy atom. The van der Waals surface area contributed by atoms with Crippen molar-refractivity contribution in [1.29, 1.82) is 0 Å². The lowest BCUT2D eigenvalue weighted by Gasteiger charge is -2.40. The highest BCUT2D eigenvalue weighted by molar-refractivity contribution is 6.31. The standard InChI is InChI=1S/C26H31ClO7/c1-3-9-32-10-11-33-21-14-20(27)18(12-17-7-5-16(4-2)6-8-17)13-19(21)26-25(31)24(30)23(29)22(15-28)34-26/h1,5-8,13-14,22-26,28-31H,4,9-12,15H2,2H3/t22-,23-,24+,25-,26+/m1/s1. The summed E-state index contributed by atoms with van der Waals surface area (Å²) >= 11 is 6.58. The molecule has 34 heavy (non-hydrogen) atoms. The van der Waals surface area contributed by atoms with Gasteiger partial charge in [-0.15, -0.1) is 6.42 Å². The molecule has 1 aliphatic heterocycles. The first-order valence-corrected chi connectivity index (χ1v) is 11.6. The quantitative estimate of drug-likeness (QED) is 0.298. The van der Waals surface area contributed by atoms with Crippen LogP contribution in [0.25, 0.3) is 0 Å². The summed E-state index contributed by atoms with van der Waals surface area (Å²) in [4.78, 5) is 0. The second-order valence-corrected chi connectivity index (χ2v) is 8.59. The third-order valence-electron chi connectivity index (χ3n) is 5.87. The summed E-state index contributed by atoms with van der Waals surface area (Å²) < 4.78 is 16.9. The Labute approximate surface area is 204 Å². The molecule has 0 saturated carbocycles. The number of ether oxygens (including phenoxy) is 3. The van der Waals surface area contributed by atoms with Crippen molar-refractivity contribution in [2.24, 2.45) is 0 Å². The van der Waals surface area contributed by atoms with Crippen molar-refractivity contribution in [2.75, 3.05) is 26.4 Å². The smallest absolute Gasteiger partial charge is 0.126 e. The number of halogens is 1. The van der Waals surface area contributed by atoms with Crippen LogP contribution >= 0.6 is 11.6 Å². The zero-order valence-electron chi connectivity index (χ0n) is 19.1. The fourth-order valence-corrected chi connectivity index (χ4v) is 4.14. The molecule has 1 aliphatic rings. The molecule has 0 amide bonds. The van der Waals surface area contributed by atoms with Gasteiger partial charge in [0.2, 0.25) is 0 Å². The van der Waals surface area contributed by atoms with Crippen LogP contribution in [-0.4, -0.2) is 71.3 Å². The van der Waals surface area contributed by atoms with Crippen molar-refractivity contribution in [3.05, 3.63) is 63.7 Å². The molecule has 0 bridgehead atoms. The lowest BCUT2D eigenvalue weighted by molar-refractivity contribution is -0.232. The van der Waals surface area contributed by atoms with E-state index in [2.05, 4.69) is 25.0 Å². The van der Waals surface area contributed by atoms with Gasteiger partial charge in [0.15, 0.2) is 0 Å². The molecule has 0 spiro atoms. The molecule has 7 nitrogen and oxygen atoms in total. The summed E-state index contributed by atoms with van der Waals surface area (Å²) in [6.07, 6.45) is 0.132. The van der Waals surface area contributed by atoms with Crippen molar-refractivity contribution < 1.29 is 34.6 Å². The van der Waals surface area contributed by atoms with Crippen molar-refractivity contribution >= 4 is 11.6 Å². The molecule has 1 fully saturated rings. The lowest BCUT2D eigenvalue weighted by Crippen LogP contribution is -2.55. The number of aryl methyl sites for hydroxylation is 1. The van der Waals surface area contributed by atoms with Crippen LogP contribution < -0.4 is 4.74 Å². The van der Waals surface area contributed by atoms with Crippen LogP contribution in [0.3, 0.4) is 0 Å². The van der Waals surface area contributed by atoms with E-state index in [9.17, 15) is 20.4 Å². The van der Waals surface area contributed by atoms with Gasteiger partial charge in [0, 0.05) is 10.6 Å². The predicted molar refractivity (Wildman–Crippen MR) is 128 cm³/mol. The molecule has 0 unspecified atom stereocenters. The van der Waals surface area contributed by atoms with Gasteiger partial charge in [-0.05, 0) is 41.7 Å². The molecule has 0 aromatic heterocycles. The van der Waals surface area contributed by atoms with Crippen LogP contribution in [0.1, 0.15) is 35.3 Å². The van der Waals surface area contributed by atoms with Crippen LogP contribution in [0.4, 0.5) is 0 Å². The SMILES string of the molecule is C#CCOCCOc1cc(Cl)c(Cc2ccc(CC)cc2)cc1[C@@H]1O[C@H](CO)[C@@H](O)[C@H](O)[C@H]1O. The Morgan fingerprint density at radius 3 is 2.38 bits per heavy atom. The Balaban J connectivity index is 1.93. The van der Waals surface area contributed by atoms with E-state index in [1.165, 1.54) is 5.56 Å². The summed E-state index contributed by atoms with van der Waals surface area (Å²) in [6, 6.07) is 11.6. The largest absolute Gasteiger partial charge is 0.491 e. The second-order valence-electron chi connectivity index (χ2n) is 8.18. The lowest BCUT2D eigenvalue weighted by atomic mass is 9.89. The number of hydrogen-bond donors (Lipinski definition) is 4. The minimum absolute atomic E-state index is 0.152. The molecular formula is C26H31ClO7. The van der Waals surface area contributed by atoms with Gasteiger partial charge in [-0.1, -0.05) is 48.7 Å². The van der Waals surface area contributed by atoms with Gasteiger partial charge in [-0.3, -0.25) is 0 Å². The zero-order valence-corrected chi connectivity index (χ0v) is 19.8. The van der Waals surface area contributed by atoms with E-state index in [0.29, 0.717) is 22.8 Å². The molecule has 3 rings (SSSR count). The molecule has 184 valence electrons. The van der Waals surface area contributed by atoms with Gasteiger partial charge >= 0.3 is 0 Å². The maximum Gasteiger partial charge on any atom is 0.126 e. The first kappa shape index (κ1) is 26.5. The number of benzene rings is 2. The molecule has 8 heteroatoms. The summed E-state index contributed by atoms with van der Waals surface area (Å²) in [5.41, 5.74) is 3.50.